The van der Waals surface area contributed by atoms with Gasteiger partial charge in [-0.2, -0.15) is 5.26 Å². The Morgan fingerprint density at radius 3 is 2.75 bits per heavy atom. The van der Waals surface area contributed by atoms with Gasteiger partial charge in [0.25, 0.3) is 0 Å². The van der Waals surface area contributed by atoms with Crippen molar-refractivity contribution < 1.29 is 0 Å². The maximum Gasteiger partial charge on any atom is 0.225 e. The monoisotopic (exact) mass is 555 g/mol. The Morgan fingerprint density at radius 1 is 1.23 bits per heavy atom. The number of thiophene rings is 1. The fourth-order valence-corrected chi connectivity index (χ4v) is 6.41. The molecule has 0 saturated carbocycles. The molecular weight excluding hydrogens is 514 g/mol. The molecule has 7 nitrogen and oxygen atoms in total. The Balaban J connectivity index is 1.48. The van der Waals surface area contributed by atoms with Crippen molar-refractivity contribution in [1.82, 2.24) is 19.8 Å². The lowest BCUT2D eigenvalue weighted by atomic mass is 9.85. The standard InChI is InChI=1S/C32H41N7S/c1-23(12-13-25-10-8-11-28-29(25)26(21-33)30(40-28)35-22-37(6)7)27-14-15-34-31(36-27)39-17-9-16-38(18-19-39)24(2)20-32(3,4)5/h14-15,22,25H,1-2,8-11,16-20H2,3-7H3/b35-22+/t25-/m1/s1. The second kappa shape index (κ2) is 12.7. The molecular formula is C32H41N7S. The number of hydrogen-bond donors (Lipinski definition) is 0. The number of hydrogen-bond acceptors (Lipinski definition) is 7. The third-order valence-electron chi connectivity index (χ3n) is 7.08. The van der Waals surface area contributed by atoms with Crippen LogP contribution in [-0.4, -0.2) is 66.4 Å². The summed E-state index contributed by atoms with van der Waals surface area (Å²) in [7, 11) is 3.85. The van der Waals surface area contributed by atoms with E-state index in [1.165, 1.54) is 10.6 Å². The summed E-state index contributed by atoms with van der Waals surface area (Å²) in [6, 6.07) is 4.28. The lowest BCUT2D eigenvalue weighted by Gasteiger charge is -2.29. The van der Waals surface area contributed by atoms with Crippen LogP contribution in [0, 0.1) is 28.6 Å². The molecule has 1 atom stereocenters. The van der Waals surface area contributed by atoms with Crippen molar-refractivity contribution in [3.8, 4) is 17.9 Å². The Labute approximate surface area is 244 Å². The van der Waals surface area contributed by atoms with Crippen LogP contribution < -0.4 is 4.90 Å². The maximum absolute atomic E-state index is 9.95. The third-order valence-corrected chi connectivity index (χ3v) is 8.25. The van der Waals surface area contributed by atoms with E-state index >= 15 is 0 Å². The van der Waals surface area contributed by atoms with Crippen molar-refractivity contribution in [2.45, 2.75) is 58.8 Å². The highest BCUT2D eigenvalue weighted by molar-refractivity contribution is 7.16. The molecule has 0 bridgehead atoms. The summed E-state index contributed by atoms with van der Waals surface area (Å²) in [5.41, 5.74) is 4.56. The number of nitriles is 1. The molecule has 1 aliphatic heterocycles. The van der Waals surface area contributed by atoms with E-state index < -0.39 is 0 Å². The number of nitrogens with zero attached hydrogens (tertiary/aromatic N) is 7. The van der Waals surface area contributed by atoms with Crippen LogP contribution in [0.5, 0.6) is 0 Å². The SMILES string of the molecule is C=C(C#C[C@H]1CCCc2sc(/N=C/N(C)C)c(C#N)c21)c1ccnc(N2CCCN(C(=C)CC(C)(C)C)CC2)n1. The highest BCUT2D eigenvalue weighted by atomic mass is 32.1. The summed E-state index contributed by atoms with van der Waals surface area (Å²) in [4.78, 5) is 21.8. The van der Waals surface area contributed by atoms with E-state index in [2.05, 4.69) is 71.6 Å². The van der Waals surface area contributed by atoms with E-state index in [0.29, 0.717) is 11.1 Å². The van der Waals surface area contributed by atoms with Gasteiger partial charge >= 0.3 is 0 Å². The Hall–Kier alpha value is -3.62. The first-order valence-electron chi connectivity index (χ1n) is 14.0. The minimum Gasteiger partial charge on any atom is -0.373 e. The predicted molar refractivity (Wildman–Crippen MR) is 167 cm³/mol. The Morgan fingerprint density at radius 2 is 2.02 bits per heavy atom. The Kier molecular flexibility index (Phi) is 9.32. The van der Waals surface area contributed by atoms with Gasteiger partial charge in [-0.15, -0.1) is 11.3 Å². The van der Waals surface area contributed by atoms with Crippen LogP contribution in [0.1, 0.15) is 74.1 Å². The summed E-state index contributed by atoms with van der Waals surface area (Å²) >= 11 is 1.61. The highest BCUT2D eigenvalue weighted by Gasteiger charge is 2.27. The quantitative estimate of drug-likeness (QED) is 0.239. The zero-order valence-corrected chi connectivity index (χ0v) is 25.4. The fraction of sp³-hybridized carbons (Fsp3) is 0.500. The minimum atomic E-state index is -0.00574. The van der Waals surface area contributed by atoms with Crippen LogP contribution in [0.3, 0.4) is 0 Å². The molecule has 1 saturated heterocycles. The van der Waals surface area contributed by atoms with Gasteiger partial charge in [0.1, 0.15) is 11.1 Å². The molecule has 0 N–H and O–H groups in total. The van der Waals surface area contributed by atoms with Gasteiger partial charge in [-0.25, -0.2) is 15.0 Å². The summed E-state index contributed by atoms with van der Waals surface area (Å²) in [6.45, 7) is 19.0. The van der Waals surface area contributed by atoms with Crippen LogP contribution in [0.2, 0.25) is 0 Å². The molecule has 210 valence electrons. The first-order chi connectivity index (χ1) is 19.1. The van der Waals surface area contributed by atoms with Gasteiger partial charge in [-0.05, 0) is 43.6 Å². The first kappa shape index (κ1) is 29.4. The van der Waals surface area contributed by atoms with E-state index in [0.717, 1.165) is 80.5 Å². The number of aryl methyl sites for hydroxylation is 1. The van der Waals surface area contributed by atoms with Crippen molar-refractivity contribution in [2.75, 3.05) is 45.2 Å². The normalized spacial score (nSPS) is 17.4. The minimum absolute atomic E-state index is 0.00574. The topological polar surface area (TPSA) is 71.7 Å². The van der Waals surface area contributed by atoms with Crippen LogP contribution in [0.4, 0.5) is 10.9 Å². The zero-order valence-electron chi connectivity index (χ0n) is 24.6. The van der Waals surface area contributed by atoms with E-state index in [4.69, 9.17) is 4.98 Å². The van der Waals surface area contributed by atoms with Crippen molar-refractivity contribution in [1.29, 1.82) is 5.26 Å². The molecule has 2 aromatic rings. The van der Waals surface area contributed by atoms with Gasteiger partial charge in [0.15, 0.2) is 0 Å². The molecule has 0 spiro atoms. The van der Waals surface area contributed by atoms with E-state index in [1.54, 1.807) is 23.9 Å². The molecule has 0 unspecified atom stereocenters. The lowest BCUT2D eigenvalue weighted by Crippen LogP contribution is -2.32. The number of aromatic nitrogens is 2. The van der Waals surface area contributed by atoms with Crippen LogP contribution in [-0.2, 0) is 6.42 Å². The van der Waals surface area contributed by atoms with Crippen LogP contribution in [0.15, 0.2) is 36.1 Å². The molecule has 1 aliphatic carbocycles. The second-order valence-electron chi connectivity index (χ2n) is 12.0. The smallest absolute Gasteiger partial charge is 0.225 e. The Bertz CT molecular complexity index is 1380. The van der Waals surface area contributed by atoms with E-state index in [-0.39, 0.29) is 11.3 Å². The van der Waals surface area contributed by atoms with Crippen LogP contribution >= 0.6 is 11.3 Å². The van der Waals surface area contributed by atoms with Crippen molar-refractivity contribution >= 4 is 34.2 Å². The molecule has 2 aromatic heterocycles. The van der Waals surface area contributed by atoms with E-state index in [9.17, 15) is 5.26 Å². The molecule has 0 amide bonds. The van der Waals surface area contributed by atoms with Gasteiger partial charge in [-0.3, -0.25) is 0 Å². The summed E-state index contributed by atoms with van der Waals surface area (Å²) < 4.78 is 0. The van der Waals surface area contributed by atoms with Crippen molar-refractivity contribution in [3.05, 3.63) is 52.8 Å². The van der Waals surface area contributed by atoms with E-state index in [1.807, 2.05) is 25.1 Å². The van der Waals surface area contributed by atoms with Gasteiger partial charge in [0, 0.05) is 74.1 Å². The average molecular weight is 556 g/mol. The lowest BCUT2D eigenvalue weighted by molar-refractivity contribution is 0.303. The molecule has 3 heterocycles. The average Bonchev–Trinajstić information content (AvgIpc) is 3.09. The maximum atomic E-state index is 9.95. The van der Waals surface area contributed by atoms with Gasteiger partial charge in [0.05, 0.1) is 17.6 Å². The predicted octanol–water partition coefficient (Wildman–Crippen LogP) is 6.23. The number of rotatable bonds is 6. The molecule has 40 heavy (non-hydrogen) atoms. The number of allylic oxidation sites excluding steroid dienone is 2. The van der Waals surface area contributed by atoms with Gasteiger partial charge < -0.3 is 14.7 Å². The summed E-state index contributed by atoms with van der Waals surface area (Å²) in [6.07, 6.45) is 8.51. The fourth-order valence-electron chi connectivity index (χ4n) is 5.22. The molecule has 1 fully saturated rings. The highest BCUT2D eigenvalue weighted by Crippen LogP contribution is 2.44. The van der Waals surface area contributed by atoms with Gasteiger partial charge in [0.2, 0.25) is 5.95 Å². The zero-order chi connectivity index (χ0) is 28.9. The van der Waals surface area contributed by atoms with Crippen LogP contribution in [0.25, 0.3) is 5.57 Å². The third kappa shape index (κ3) is 7.31. The molecule has 2 aliphatic rings. The van der Waals surface area contributed by atoms with Crippen molar-refractivity contribution in [3.63, 3.8) is 0 Å². The number of anilines is 1. The largest absolute Gasteiger partial charge is 0.373 e. The van der Waals surface area contributed by atoms with Crippen molar-refractivity contribution in [2.24, 2.45) is 10.4 Å². The molecule has 0 radical (unpaired) electrons. The molecule has 8 heteroatoms. The summed E-state index contributed by atoms with van der Waals surface area (Å²) in [5, 5.41) is 10.7. The summed E-state index contributed by atoms with van der Waals surface area (Å²) in [5.74, 6) is 7.42. The number of fused-ring (bicyclic) bond motifs is 1. The molecule has 4 rings (SSSR count). The van der Waals surface area contributed by atoms with Gasteiger partial charge in [-0.1, -0.05) is 45.8 Å². The second-order valence-corrected chi connectivity index (χ2v) is 13.1. The molecule has 0 aromatic carbocycles. The first-order valence-corrected chi connectivity index (χ1v) is 14.8. The number of aliphatic imine (C=N–C) groups is 1.